The van der Waals surface area contributed by atoms with Crippen LogP contribution in [0.25, 0.3) is 0 Å². The molecule has 0 saturated heterocycles. The Kier molecular flexibility index (Phi) is 15.7. The number of aliphatic hydroxyl groups is 1. The van der Waals surface area contributed by atoms with Crippen LogP contribution in [0.5, 0.6) is 5.75 Å². The molecule has 8 nitrogen and oxygen atoms in total. The molecule has 4 rings (SSSR count). The van der Waals surface area contributed by atoms with Gasteiger partial charge in [-0.05, 0) is 60.1 Å². The fraction of sp³-hybridized carbons (Fsp3) is 0.279. The average Bonchev–Trinajstić information content (AvgIpc) is 3.16. The lowest BCUT2D eigenvalue weighted by atomic mass is 9.96. The molecule has 3 N–H and O–H groups in total. The predicted octanol–water partition coefficient (Wildman–Crippen LogP) is 6.70. The number of ether oxygens (including phenoxy) is 2. The first-order chi connectivity index (χ1) is 24.9. The van der Waals surface area contributed by atoms with Crippen molar-refractivity contribution >= 4 is 17.8 Å². The zero-order valence-corrected chi connectivity index (χ0v) is 29.0. The maximum Gasteiger partial charge on any atom is 0.310 e. The van der Waals surface area contributed by atoms with Gasteiger partial charge in [0.1, 0.15) is 18.5 Å². The highest BCUT2D eigenvalue weighted by Crippen LogP contribution is 2.23. The van der Waals surface area contributed by atoms with Crippen LogP contribution in [0.15, 0.2) is 141 Å². The summed E-state index contributed by atoms with van der Waals surface area (Å²) in [7, 11) is 0. The molecule has 51 heavy (non-hydrogen) atoms. The minimum Gasteiger partial charge on any atom is -0.489 e. The van der Waals surface area contributed by atoms with E-state index >= 15 is 0 Å². The Bertz CT molecular complexity index is 1660. The number of hydrogen-bond acceptors (Lipinski definition) is 6. The fourth-order valence-corrected chi connectivity index (χ4v) is 5.74. The van der Waals surface area contributed by atoms with Crippen molar-refractivity contribution in [1.29, 1.82) is 0 Å². The summed E-state index contributed by atoms with van der Waals surface area (Å²) in [6, 6.07) is 35.9. The lowest BCUT2D eigenvalue weighted by molar-refractivity contribution is -0.154. The molecule has 4 aromatic carbocycles. The van der Waals surface area contributed by atoms with Crippen LogP contribution in [0.2, 0.25) is 0 Å². The molecule has 0 saturated carbocycles. The monoisotopic (exact) mass is 688 g/mol. The van der Waals surface area contributed by atoms with Crippen molar-refractivity contribution in [2.24, 2.45) is 11.8 Å². The number of esters is 1. The first-order valence-corrected chi connectivity index (χ1v) is 17.3. The molecule has 0 unspecified atom stereocenters. The van der Waals surface area contributed by atoms with Crippen molar-refractivity contribution in [3.63, 3.8) is 0 Å². The zero-order valence-electron chi connectivity index (χ0n) is 29.0. The van der Waals surface area contributed by atoms with E-state index in [1.165, 1.54) is 0 Å². The van der Waals surface area contributed by atoms with Crippen LogP contribution in [0, 0.1) is 11.8 Å². The summed E-state index contributed by atoms with van der Waals surface area (Å²) >= 11 is 0. The number of aliphatic hydroxyl groups excluding tert-OH is 1. The molecule has 0 heterocycles. The van der Waals surface area contributed by atoms with Crippen molar-refractivity contribution in [1.82, 2.24) is 10.6 Å². The van der Waals surface area contributed by atoms with Gasteiger partial charge in [-0.25, -0.2) is 0 Å². The van der Waals surface area contributed by atoms with Gasteiger partial charge < -0.3 is 25.2 Å². The van der Waals surface area contributed by atoms with E-state index in [0.717, 1.165) is 28.0 Å². The van der Waals surface area contributed by atoms with Gasteiger partial charge >= 0.3 is 5.97 Å². The maximum atomic E-state index is 13.4. The second kappa shape index (κ2) is 20.9. The van der Waals surface area contributed by atoms with Crippen LogP contribution in [-0.4, -0.2) is 42.1 Å². The van der Waals surface area contributed by atoms with Crippen molar-refractivity contribution in [2.45, 2.75) is 50.9 Å². The van der Waals surface area contributed by atoms with Gasteiger partial charge in [-0.15, -0.1) is 13.2 Å². The van der Waals surface area contributed by atoms with Gasteiger partial charge in [0.2, 0.25) is 11.8 Å². The normalized spacial score (nSPS) is 13.1. The van der Waals surface area contributed by atoms with E-state index in [9.17, 15) is 19.5 Å². The van der Waals surface area contributed by atoms with Gasteiger partial charge in [-0.3, -0.25) is 14.4 Å². The summed E-state index contributed by atoms with van der Waals surface area (Å²) in [5.41, 5.74) is 3.74. The molecule has 2 amide bonds. The molecule has 266 valence electrons. The number of benzene rings is 4. The standard InChI is InChI=1S/C43H48N2O6/c1-3-14-36(28-41(47)45-38(30-46)27-33-22-24-39(25-23-33)50-31-34-18-10-6-11-19-34)42(48)44-29-40(35-20-12-7-13-21-35)51-43(49)37(15-4-2)26-32-16-8-5-9-17-32/h3-13,16-25,36-38,40,46H,1-2,14-15,26-31H2,(H,44,48)(H,45,47)/t36-,37-,38+,40+/m1/s1. The topological polar surface area (TPSA) is 114 Å². The highest BCUT2D eigenvalue weighted by Gasteiger charge is 2.27. The van der Waals surface area contributed by atoms with E-state index in [0.29, 0.717) is 25.9 Å². The van der Waals surface area contributed by atoms with Gasteiger partial charge in [-0.2, -0.15) is 0 Å². The number of nitrogens with one attached hydrogen (secondary N) is 2. The molecular weight excluding hydrogens is 640 g/mol. The molecule has 0 fully saturated rings. The first-order valence-electron chi connectivity index (χ1n) is 17.3. The van der Waals surface area contributed by atoms with E-state index in [1.54, 1.807) is 12.2 Å². The number of allylic oxidation sites excluding steroid dienone is 2. The largest absolute Gasteiger partial charge is 0.489 e. The number of hydrogen-bond donors (Lipinski definition) is 3. The molecule has 4 atom stereocenters. The third kappa shape index (κ3) is 13.1. The molecule has 0 aliphatic carbocycles. The lowest BCUT2D eigenvalue weighted by Gasteiger charge is -2.24. The minimum atomic E-state index is -0.738. The summed E-state index contributed by atoms with van der Waals surface area (Å²) < 4.78 is 11.9. The number of carbonyl (C=O) groups excluding carboxylic acids is 3. The lowest BCUT2D eigenvalue weighted by Crippen LogP contribution is -2.42. The molecular formula is C43H48N2O6. The summed E-state index contributed by atoms with van der Waals surface area (Å²) in [6.45, 7) is 7.81. The Morgan fingerprint density at radius 3 is 1.88 bits per heavy atom. The Balaban J connectivity index is 1.32. The Morgan fingerprint density at radius 2 is 1.27 bits per heavy atom. The summed E-state index contributed by atoms with van der Waals surface area (Å²) in [4.78, 5) is 40.0. The van der Waals surface area contributed by atoms with E-state index in [-0.39, 0.29) is 43.8 Å². The Labute approximate surface area is 301 Å². The SMILES string of the molecule is C=CC[C@H](CC(=O)N[C@H](CO)Cc1ccc(OCc2ccccc2)cc1)C(=O)NC[C@H](OC(=O)[C@H](CC=C)Cc1ccccc1)c1ccccc1. The van der Waals surface area contributed by atoms with Crippen molar-refractivity contribution in [2.75, 3.05) is 13.2 Å². The van der Waals surface area contributed by atoms with Crippen LogP contribution >= 0.6 is 0 Å². The van der Waals surface area contributed by atoms with E-state index in [2.05, 4.69) is 23.8 Å². The van der Waals surface area contributed by atoms with Crippen molar-refractivity contribution < 1.29 is 29.0 Å². The molecule has 0 aliphatic rings. The van der Waals surface area contributed by atoms with Crippen molar-refractivity contribution in [3.8, 4) is 5.75 Å². The highest BCUT2D eigenvalue weighted by atomic mass is 16.5. The number of amides is 2. The Hall–Kier alpha value is -5.47. The highest BCUT2D eigenvalue weighted by molar-refractivity contribution is 5.86. The van der Waals surface area contributed by atoms with Gasteiger partial charge in [-0.1, -0.05) is 115 Å². The zero-order chi connectivity index (χ0) is 36.3. The molecule has 0 spiro atoms. The quantitative estimate of drug-likeness (QED) is 0.0663. The van der Waals surface area contributed by atoms with Gasteiger partial charge in [0, 0.05) is 6.42 Å². The van der Waals surface area contributed by atoms with E-state index in [1.807, 2.05) is 115 Å². The van der Waals surface area contributed by atoms with Gasteiger partial charge in [0.15, 0.2) is 0 Å². The van der Waals surface area contributed by atoms with E-state index in [4.69, 9.17) is 9.47 Å². The van der Waals surface area contributed by atoms with Crippen LogP contribution in [0.1, 0.15) is 47.6 Å². The average molecular weight is 689 g/mol. The smallest absolute Gasteiger partial charge is 0.310 e. The van der Waals surface area contributed by atoms with Crippen molar-refractivity contribution in [3.05, 3.63) is 163 Å². The first kappa shape index (κ1) is 38.3. The minimum absolute atomic E-state index is 0.0281. The van der Waals surface area contributed by atoms with Crippen LogP contribution in [0.3, 0.4) is 0 Å². The van der Waals surface area contributed by atoms with Crippen LogP contribution in [-0.2, 0) is 38.6 Å². The maximum absolute atomic E-state index is 13.4. The third-order valence-electron chi connectivity index (χ3n) is 8.49. The Morgan fingerprint density at radius 1 is 0.706 bits per heavy atom. The number of carbonyl (C=O) groups is 3. The third-order valence-corrected chi connectivity index (χ3v) is 8.49. The van der Waals surface area contributed by atoms with Gasteiger partial charge in [0.05, 0.1) is 31.0 Å². The molecule has 0 bridgehead atoms. The summed E-state index contributed by atoms with van der Waals surface area (Å²) in [6.07, 6.45) is 4.08. The predicted molar refractivity (Wildman–Crippen MR) is 200 cm³/mol. The molecule has 0 radical (unpaired) electrons. The van der Waals surface area contributed by atoms with Gasteiger partial charge in [0.25, 0.3) is 0 Å². The molecule has 0 aliphatic heterocycles. The summed E-state index contributed by atoms with van der Waals surface area (Å²) in [5.74, 6) is -1.53. The second-order valence-corrected chi connectivity index (χ2v) is 12.5. The second-order valence-electron chi connectivity index (χ2n) is 12.5. The number of rotatable bonds is 21. The molecule has 8 heteroatoms. The van der Waals surface area contributed by atoms with Crippen LogP contribution < -0.4 is 15.4 Å². The summed E-state index contributed by atoms with van der Waals surface area (Å²) in [5, 5.41) is 15.8. The molecule has 0 aromatic heterocycles. The van der Waals surface area contributed by atoms with E-state index < -0.39 is 24.0 Å². The van der Waals surface area contributed by atoms with Crippen LogP contribution in [0.4, 0.5) is 0 Å². The molecule has 4 aromatic rings. The fourth-order valence-electron chi connectivity index (χ4n) is 5.74.